The minimum atomic E-state index is 0.414. The van der Waals surface area contributed by atoms with Crippen molar-refractivity contribution in [2.45, 2.75) is 13.3 Å². The highest BCUT2D eigenvalue weighted by molar-refractivity contribution is 6.30. The Morgan fingerprint density at radius 3 is 2.56 bits per heavy atom. The van der Waals surface area contributed by atoms with Gasteiger partial charge < -0.3 is 9.47 Å². The number of methoxy groups -OCH3 is 1. The van der Waals surface area contributed by atoms with E-state index in [1.54, 1.807) is 7.11 Å². The van der Waals surface area contributed by atoms with Crippen LogP contribution in [0.2, 0.25) is 5.15 Å². The highest BCUT2D eigenvalue weighted by Crippen LogP contribution is 2.32. The molecule has 0 saturated heterocycles. The molecular formula is C13H13ClN2O2. The molecule has 5 heteroatoms. The lowest BCUT2D eigenvalue weighted by atomic mass is 10.2. The van der Waals surface area contributed by atoms with E-state index in [1.165, 1.54) is 6.33 Å². The zero-order chi connectivity index (χ0) is 13.0. The fraction of sp³-hybridized carbons (Fsp3) is 0.231. The van der Waals surface area contributed by atoms with Gasteiger partial charge in [0.25, 0.3) is 0 Å². The third kappa shape index (κ3) is 2.54. The van der Waals surface area contributed by atoms with Crippen LogP contribution in [0.25, 0.3) is 0 Å². The molecule has 0 radical (unpaired) electrons. The third-order valence-electron chi connectivity index (χ3n) is 2.48. The first kappa shape index (κ1) is 12.6. The molecule has 0 aliphatic carbocycles. The fourth-order valence-corrected chi connectivity index (χ4v) is 1.83. The molecule has 1 aromatic heterocycles. The number of hydrogen-bond donors (Lipinski definition) is 0. The Morgan fingerprint density at radius 2 is 1.89 bits per heavy atom. The first-order valence-corrected chi connectivity index (χ1v) is 5.94. The van der Waals surface area contributed by atoms with E-state index in [4.69, 9.17) is 21.1 Å². The zero-order valence-corrected chi connectivity index (χ0v) is 10.9. The Bertz CT molecular complexity index is 546. The molecule has 2 aromatic rings. The minimum Gasteiger partial charge on any atom is -0.493 e. The van der Waals surface area contributed by atoms with Gasteiger partial charge in [-0.2, -0.15) is 0 Å². The Hall–Kier alpha value is -1.81. The van der Waals surface area contributed by atoms with Gasteiger partial charge in [0.15, 0.2) is 11.5 Å². The van der Waals surface area contributed by atoms with Gasteiger partial charge in [0.05, 0.1) is 12.7 Å². The van der Waals surface area contributed by atoms with Gasteiger partial charge in [-0.3, -0.25) is 0 Å². The van der Waals surface area contributed by atoms with Crippen molar-refractivity contribution in [1.82, 2.24) is 9.97 Å². The van der Waals surface area contributed by atoms with E-state index in [9.17, 15) is 0 Å². The van der Waals surface area contributed by atoms with Crippen LogP contribution in [0, 0.1) is 0 Å². The van der Waals surface area contributed by atoms with Crippen molar-refractivity contribution >= 4 is 11.6 Å². The summed E-state index contributed by atoms with van der Waals surface area (Å²) in [4.78, 5) is 8.05. The van der Waals surface area contributed by atoms with E-state index >= 15 is 0 Å². The summed E-state index contributed by atoms with van der Waals surface area (Å²) >= 11 is 6.01. The fourth-order valence-electron chi connectivity index (χ4n) is 1.57. The summed E-state index contributed by atoms with van der Waals surface area (Å²) in [6.07, 6.45) is 2.08. The monoisotopic (exact) mass is 264 g/mol. The predicted molar refractivity (Wildman–Crippen MR) is 69.5 cm³/mol. The summed E-state index contributed by atoms with van der Waals surface area (Å²) in [7, 11) is 1.59. The second-order valence-electron chi connectivity index (χ2n) is 3.55. The number of hydrogen-bond acceptors (Lipinski definition) is 4. The highest BCUT2D eigenvalue weighted by atomic mass is 35.5. The first-order chi connectivity index (χ1) is 8.76. The molecule has 0 fully saturated rings. The van der Waals surface area contributed by atoms with Crippen molar-refractivity contribution in [3.05, 3.63) is 41.3 Å². The summed E-state index contributed by atoms with van der Waals surface area (Å²) in [5, 5.41) is 0.414. The Kier molecular flexibility index (Phi) is 3.99. The lowest BCUT2D eigenvalue weighted by Crippen LogP contribution is -1.98. The van der Waals surface area contributed by atoms with Crippen LogP contribution in [0.15, 0.2) is 30.6 Å². The third-order valence-corrected chi connectivity index (χ3v) is 2.81. The predicted octanol–water partition coefficient (Wildman–Crippen LogP) is 3.49. The summed E-state index contributed by atoms with van der Waals surface area (Å²) in [5.74, 6) is 1.71. The minimum absolute atomic E-state index is 0.414. The average molecular weight is 265 g/mol. The van der Waals surface area contributed by atoms with Gasteiger partial charge in [0.2, 0.25) is 5.88 Å². The SMILES string of the molecule is CCc1c(Cl)ncnc1Oc1ccccc1OC. The van der Waals surface area contributed by atoms with Crippen LogP contribution in [0.1, 0.15) is 12.5 Å². The van der Waals surface area contributed by atoms with E-state index < -0.39 is 0 Å². The molecule has 4 nitrogen and oxygen atoms in total. The molecule has 0 atom stereocenters. The second-order valence-corrected chi connectivity index (χ2v) is 3.91. The van der Waals surface area contributed by atoms with Crippen LogP contribution in [0.5, 0.6) is 17.4 Å². The van der Waals surface area contributed by atoms with Gasteiger partial charge in [-0.1, -0.05) is 30.7 Å². The molecule has 0 aliphatic heterocycles. The summed E-state index contributed by atoms with van der Waals surface area (Å²) in [6.45, 7) is 1.97. The number of benzene rings is 1. The van der Waals surface area contributed by atoms with Crippen LogP contribution < -0.4 is 9.47 Å². The number of ether oxygens (including phenoxy) is 2. The van der Waals surface area contributed by atoms with Gasteiger partial charge in [-0.15, -0.1) is 0 Å². The highest BCUT2D eigenvalue weighted by Gasteiger charge is 2.12. The van der Waals surface area contributed by atoms with Gasteiger partial charge in [0, 0.05) is 0 Å². The van der Waals surface area contributed by atoms with Gasteiger partial charge in [-0.05, 0) is 18.6 Å². The standard InChI is InChI=1S/C13H13ClN2O2/c1-3-9-12(14)15-8-16-13(9)18-11-7-5-4-6-10(11)17-2/h4-8H,3H2,1-2H3. The molecule has 0 amide bonds. The molecular weight excluding hydrogens is 252 g/mol. The van der Waals surface area contributed by atoms with Crippen molar-refractivity contribution in [1.29, 1.82) is 0 Å². The van der Waals surface area contributed by atoms with Crippen LogP contribution >= 0.6 is 11.6 Å². The summed E-state index contributed by atoms with van der Waals surface area (Å²) < 4.78 is 11.0. The van der Waals surface area contributed by atoms with Crippen LogP contribution in [0.4, 0.5) is 0 Å². The van der Waals surface area contributed by atoms with E-state index in [2.05, 4.69) is 9.97 Å². The van der Waals surface area contributed by atoms with Crippen LogP contribution in [0.3, 0.4) is 0 Å². The lowest BCUT2D eigenvalue weighted by molar-refractivity contribution is 0.372. The van der Waals surface area contributed by atoms with Gasteiger partial charge in [-0.25, -0.2) is 9.97 Å². The van der Waals surface area contributed by atoms with E-state index in [1.807, 2.05) is 31.2 Å². The smallest absolute Gasteiger partial charge is 0.227 e. The molecule has 18 heavy (non-hydrogen) atoms. The summed E-state index contributed by atoms with van der Waals surface area (Å²) in [6, 6.07) is 7.38. The zero-order valence-electron chi connectivity index (χ0n) is 10.2. The number of aromatic nitrogens is 2. The quantitative estimate of drug-likeness (QED) is 0.793. The number of rotatable bonds is 4. The van der Waals surface area contributed by atoms with Crippen molar-refractivity contribution in [2.24, 2.45) is 0 Å². The Labute approximate surface area is 111 Å². The van der Waals surface area contributed by atoms with Crippen LogP contribution in [-0.4, -0.2) is 17.1 Å². The van der Waals surface area contributed by atoms with E-state index in [0.29, 0.717) is 29.0 Å². The molecule has 0 spiro atoms. The molecule has 94 valence electrons. The van der Waals surface area contributed by atoms with Crippen LogP contribution in [-0.2, 0) is 6.42 Å². The average Bonchev–Trinajstić information content (AvgIpc) is 2.40. The number of halogens is 1. The maximum Gasteiger partial charge on any atom is 0.227 e. The van der Waals surface area contributed by atoms with Gasteiger partial charge >= 0.3 is 0 Å². The Morgan fingerprint density at radius 1 is 1.17 bits per heavy atom. The van der Waals surface area contributed by atoms with Crippen molar-refractivity contribution in [3.63, 3.8) is 0 Å². The maximum atomic E-state index is 6.01. The lowest BCUT2D eigenvalue weighted by Gasteiger charge is -2.11. The van der Waals surface area contributed by atoms with E-state index in [0.717, 1.165) is 5.56 Å². The van der Waals surface area contributed by atoms with Crippen molar-refractivity contribution < 1.29 is 9.47 Å². The topological polar surface area (TPSA) is 44.2 Å². The Balaban J connectivity index is 2.37. The molecule has 1 aromatic carbocycles. The number of para-hydroxylation sites is 2. The number of nitrogens with zero attached hydrogens (tertiary/aromatic N) is 2. The van der Waals surface area contributed by atoms with Gasteiger partial charge in [0.1, 0.15) is 11.5 Å². The second kappa shape index (κ2) is 5.69. The van der Waals surface area contributed by atoms with E-state index in [-0.39, 0.29) is 0 Å². The maximum absolute atomic E-state index is 6.01. The molecule has 0 aliphatic rings. The largest absolute Gasteiger partial charge is 0.493 e. The summed E-state index contributed by atoms with van der Waals surface area (Å²) in [5.41, 5.74) is 0.782. The molecule has 0 bridgehead atoms. The molecule has 0 unspecified atom stereocenters. The molecule has 2 rings (SSSR count). The molecule has 0 saturated carbocycles. The van der Waals surface area contributed by atoms with Crippen molar-refractivity contribution in [3.8, 4) is 17.4 Å². The molecule has 0 N–H and O–H groups in total. The first-order valence-electron chi connectivity index (χ1n) is 5.56. The molecule has 1 heterocycles. The normalized spacial score (nSPS) is 10.2. The van der Waals surface area contributed by atoms with Crippen molar-refractivity contribution in [2.75, 3.05) is 7.11 Å².